The lowest BCUT2D eigenvalue weighted by Gasteiger charge is -2.31. The topological polar surface area (TPSA) is 206 Å². The van der Waals surface area contributed by atoms with Crippen molar-refractivity contribution in [2.45, 2.75) is 77.0 Å². The van der Waals surface area contributed by atoms with E-state index in [1.54, 1.807) is 0 Å². The Bertz CT molecular complexity index is 708. The molecule has 3 amide bonds. The summed E-state index contributed by atoms with van der Waals surface area (Å²) in [5.74, 6) is -2.88. The number of nitrogens with two attached hydrogens (primary N) is 3. The molecule has 182 valence electrons. The fraction of sp³-hybridized carbons (Fsp3) is 0.750. The number of carbonyl (C=O) groups is 4. The molecule has 0 aromatic carbocycles. The summed E-state index contributed by atoms with van der Waals surface area (Å²) >= 11 is 0. The summed E-state index contributed by atoms with van der Waals surface area (Å²) < 4.78 is 0. The molecule has 1 rings (SSSR count). The van der Waals surface area contributed by atoms with Gasteiger partial charge in [0.05, 0.1) is 6.04 Å². The van der Waals surface area contributed by atoms with Gasteiger partial charge in [-0.1, -0.05) is 20.3 Å². The van der Waals surface area contributed by atoms with Crippen LogP contribution in [0.3, 0.4) is 0 Å². The van der Waals surface area contributed by atoms with Crippen LogP contribution < -0.4 is 27.8 Å². The van der Waals surface area contributed by atoms with Gasteiger partial charge in [0, 0.05) is 13.1 Å². The molecule has 1 aliphatic rings. The third-order valence-corrected chi connectivity index (χ3v) is 5.59. The molecule has 12 heteroatoms. The minimum absolute atomic E-state index is 0.0772. The van der Waals surface area contributed by atoms with Crippen molar-refractivity contribution in [2.24, 2.45) is 28.1 Å². The van der Waals surface area contributed by atoms with Crippen molar-refractivity contribution in [1.29, 1.82) is 0 Å². The van der Waals surface area contributed by atoms with E-state index in [1.165, 1.54) is 11.8 Å². The Labute approximate surface area is 188 Å². The number of carbonyl (C=O) groups excluding carboxylic acids is 3. The summed E-state index contributed by atoms with van der Waals surface area (Å²) in [6.07, 6.45) is 2.18. The molecule has 0 aliphatic carbocycles. The number of guanidine groups is 1. The number of nitrogens with one attached hydrogen (secondary N) is 2. The highest BCUT2D eigenvalue weighted by atomic mass is 16.4. The molecule has 0 spiro atoms. The molecule has 0 bridgehead atoms. The lowest BCUT2D eigenvalue weighted by Crippen LogP contribution is -2.58. The lowest BCUT2D eigenvalue weighted by atomic mass is 9.96. The first-order valence-corrected chi connectivity index (χ1v) is 10.9. The van der Waals surface area contributed by atoms with Crippen molar-refractivity contribution >= 4 is 29.7 Å². The van der Waals surface area contributed by atoms with Crippen LogP contribution in [-0.4, -0.2) is 76.9 Å². The van der Waals surface area contributed by atoms with E-state index in [0.717, 1.165) is 0 Å². The minimum Gasteiger partial charge on any atom is -0.480 e. The van der Waals surface area contributed by atoms with Crippen LogP contribution in [0.25, 0.3) is 0 Å². The lowest BCUT2D eigenvalue weighted by molar-refractivity contribution is -0.150. The largest absolute Gasteiger partial charge is 0.480 e. The molecule has 0 saturated carbocycles. The quantitative estimate of drug-likeness (QED) is 0.115. The van der Waals surface area contributed by atoms with E-state index in [2.05, 4.69) is 15.6 Å². The molecule has 1 aliphatic heterocycles. The zero-order valence-electron chi connectivity index (χ0n) is 19.0. The number of hydrogen-bond donors (Lipinski definition) is 6. The SMILES string of the molecule is CCC(C)C(NC(=O)C(CCCN=C(N)N)NC(=O)C(C)N)C(=O)N1CCCC1C(=O)O. The number of aliphatic carboxylic acids is 1. The number of rotatable bonds is 12. The number of carboxylic acid groups (broad SMARTS) is 1. The normalized spacial score (nSPS) is 19.4. The smallest absolute Gasteiger partial charge is 0.326 e. The molecule has 0 aromatic rings. The van der Waals surface area contributed by atoms with E-state index >= 15 is 0 Å². The molecule has 9 N–H and O–H groups in total. The number of carboxylic acids is 1. The number of nitrogens with zero attached hydrogens (tertiary/aromatic N) is 2. The van der Waals surface area contributed by atoms with Gasteiger partial charge < -0.3 is 37.8 Å². The Hall–Kier alpha value is -2.89. The molecule has 5 atom stereocenters. The first kappa shape index (κ1) is 27.1. The van der Waals surface area contributed by atoms with E-state index in [1.807, 2.05) is 13.8 Å². The Kier molecular flexibility index (Phi) is 10.9. The van der Waals surface area contributed by atoms with E-state index in [0.29, 0.717) is 32.2 Å². The molecular formula is C20H37N7O5. The van der Waals surface area contributed by atoms with Crippen LogP contribution in [-0.2, 0) is 19.2 Å². The van der Waals surface area contributed by atoms with Gasteiger partial charge in [0.25, 0.3) is 0 Å². The van der Waals surface area contributed by atoms with Crippen molar-refractivity contribution in [2.75, 3.05) is 13.1 Å². The highest BCUT2D eigenvalue weighted by Crippen LogP contribution is 2.21. The molecule has 1 fully saturated rings. The minimum atomic E-state index is -1.06. The van der Waals surface area contributed by atoms with Crippen molar-refractivity contribution in [3.8, 4) is 0 Å². The molecule has 0 aromatic heterocycles. The Morgan fingerprint density at radius 3 is 2.34 bits per heavy atom. The zero-order chi connectivity index (χ0) is 24.4. The zero-order valence-corrected chi connectivity index (χ0v) is 19.0. The predicted octanol–water partition coefficient (Wildman–Crippen LogP) is -1.52. The van der Waals surface area contributed by atoms with Crippen LogP contribution >= 0.6 is 0 Å². The fourth-order valence-electron chi connectivity index (χ4n) is 3.48. The van der Waals surface area contributed by atoms with Gasteiger partial charge in [-0.3, -0.25) is 19.4 Å². The summed E-state index contributed by atoms with van der Waals surface area (Å²) in [6.45, 7) is 5.77. The number of aliphatic imine (C=N–C) groups is 1. The highest BCUT2D eigenvalue weighted by molar-refractivity contribution is 5.94. The maximum atomic E-state index is 13.2. The van der Waals surface area contributed by atoms with Crippen LogP contribution in [0.15, 0.2) is 4.99 Å². The van der Waals surface area contributed by atoms with E-state index in [4.69, 9.17) is 17.2 Å². The van der Waals surface area contributed by atoms with Crippen molar-refractivity contribution in [3.63, 3.8) is 0 Å². The van der Waals surface area contributed by atoms with E-state index < -0.39 is 47.9 Å². The van der Waals surface area contributed by atoms with Crippen LogP contribution in [0.4, 0.5) is 0 Å². The summed E-state index contributed by atoms with van der Waals surface area (Å²) in [7, 11) is 0. The van der Waals surface area contributed by atoms with Gasteiger partial charge in [-0.15, -0.1) is 0 Å². The van der Waals surface area contributed by atoms with Crippen molar-refractivity contribution in [1.82, 2.24) is 15.5 Å². The van der Waals surface area contributed by atoms with E-state index in [9.17, 15) is 24.3 Å². The molecular weight excluding hydrogens is 418 g/mol. The molecule has 0 radical (unpaired) electrons. The highest BCUT2D eigenvalue weighted by Gasteiger charge is 2.39. The number of likely N-dealkylation sites (tertiary alicyclic amines) is 1. The van der Waals surface area contributed by atoms with Gasteiger partial charge in [-0.2, -0.15) is 0 Å². The van der Waals surface area contributed by atoms with Gasteiger partial charge in [-0.05, 0) is 38.5 Å². The van der Waals surface area contributed by atoms with Gasteiger partial charge in [0.1, 0.15) is 18.1 Å². The molecule has 1 heterocycles. The second-order valence-electron chi connectivity index (χ2n) is 8.20. The summed E-state index contributed by atoms with van der Waals surface area (Å²) in [5, 5.41) is 14.8. The molecule has 1 saturated heterocycles. The van der Waals surface area contributed by atoms with Crippen LogP contribution in [0, 0.1) is 5.92 Å². The molecule has 32 heavy (non-hydrogen) atoms. The van der Waals surface area contributed by atoms with Gasteiger partial charge in [0.15, 0.2) is 5.96 Å². The maximum absolute atomic E-state index is 13.2. The second kappa shape index (κ2) is 12.8. The standard InChI is InChI=1S/C20H37N7O5/c1-4-11(2)15(18(30)27-10-6-8-14(27)19(31)32)26-17(29)13(25-16(28)12(3)21)7-5-9-24-20(22)23/h11-15H,4-10,21H2,1-3H3,(H,25,28)(H,26,29)(H,31,32)(H4,22,23,24). The van der Waals surface area contributed by atoms with Gasteiger partial charge in [-0.25, -0.2) is 4.79 Å². The predicted molar refractivity (Wildman–Crippen MR) is 119 cm³/mol. The van der Waals surface area contributed by atoms with Crippen LogP contribution in [0.2, 0.25) is 0 Å². The van der Waals surface area contributed by atoms with Crippen LogP contribution in [0.1, 0.15) is 52.9 Å². The Balaban J connectivity index is 3.00. The first-order valence-electron chi connectivity index (χ1n) is 10.9. The van der Waals surface area contributed by atoms with Gasteiger partial charge >= 0.3 is 5.97 Å². The summed E-state index contributed by atoms with van der Waals surface area (Å²) in [5.41, 5.74) is 16.2. The van der Waals surface area contributed by atoms with E-state index in [-0.39, 0.29) is 24.8 Å². The number of amides is 3. The van der Waals surface area contributed by atoms with Crippen molar-refractivity contribution < 1.29 is 24.3 Å². The third-order valence-electron chi connectivity index (χ3n) is 5.59. The fourth-order valence-corrected chi connectivity index (χ4v) is 3.48. The van der Waals surface area contributed by atoms with Crippen molar-refractivity contribution in [3.05, 3.63) is 0 Å². The maximum Gasteiger partial charge on any atom is 0.326 e. The third kappa shape index (κ3) is 7.98. The summed E-state index contributed by atoms with van der Waals surface area (Å²) in [6, 6.07) is -3.59. The summed E-state index contributed by atoms with van der Waals surface area (Å²) in [4.78, 5) is 55.0. The average molecular weight is 456 g/mol. The Morgan fingerprint density at radius 2 is 1.81 bits per heavy atom. The monoisotopic (exact) mass is 455 g/mol. The first-order chi connectivity index (χ1) is 15.0. The number of hydrogen-bond acceptors (Lipinski definition) is 6. The van der Waals surface area contributed by atoms with Gasteiger partial charge in [0.2, 0.25) is 17.7 Å². The molecule has 5 unspecified atom stereocenters. The molecule has 12 nitrogen and oxygen atoms in total. The Morgan fingerprint density at radius 1 is 1.16 bits per heavy atom. The second-order valence-corrected chi connectivity index (χ2v) is 8.20. The van der Waals surface area contributed by atoms with Crippen LogP contribution in [0.5, 0.6) is 0 Å². The average Bonchev–Trinajstić information content (AvgIpc) is 3.22.